The van der Waals surface area contributed by atoms with E-state index in [-0.39, 0.29) is 30.4 Å². The molecule has 0 aliphatic heterocycles. The molecule has 0 aromatic heterocycles. The molecule has 0 fully saturated rings. The molecule has 0 saturated heterocycles. The van der Waals surface area contributed by atoms with Gasteiger partial charge in [0.25, 0.3) is 10.1 Å². The Labute approximate surface area is 188 Å². The van der Waals surface area contributed by atoms with E-state index in [4.69, 9.17) is 4.55 Å². The molecule has 0 unspecified atom stereocenters. The van der Waals surface area contributed by atoms with E-state index >= 15 is 0 Å². The second-order valence-corrected chi connectivity index (χ2v) is 9.88. The normalized spacial score (nSPS) is 12.6. The van der Waals surface area contributed by atoms with E-state index in [9.17, 15) is 28.2 Å². The molecule has 7 nitrogen and oxygen atoms in total. The summed E-state index contributed by atoms with van der Waals surface area (Å²) in [6.45, 7) is 2.23. The fourth-order valence-electron chi connectivity index (χ4n) is 3.70. The lowest BCUT2D eigenvalue weighted by Crippen LogP contribution is -2.13. The summed E-state index contributed by atoms with van der Waals surface area (Å²) in [6.07, 6.45) is 16.3. The van der Waals surface area contributed by atoms with Gasteiger partial charge in [0.05, 0.1) is 5.75 Å². The second-order valence-electron chi connectivity index (χ2n) is 8.30. The molecule has 0 aliphatic carbocycles. The molecule has 0 spiro atoms. The number of carboxylic acid groups (broad SMARTS) is 2. The van der Waals surface area contributed by atoms with Crippen LogP contribution in [0.3, 0.4) is 0 Å². The predicted molar refractivity (Wildman–Crippen MR) is 123 cm³/mol. The van der Waals surface area contributed by atoms with Crippen molar-refractivity contribution in [2.24, 2.45) is 0 Å². The molecule has 0 amide bonds. The van der Waals surface area contributed by atoms with Crippen LogP contribution in [0.2, 0.25) is 0 Å². The maximum Gasteiger partial charge on any atom is 0.332 e. The lowest BCUT2D eigenvalue weighted by molar-refractivity contribution is -0.136. The van der Waals surface area contributed by atoms with Gasteiger partial charge >= 0.3 is 11.9 Å². The Bertz CT molecular complexity index is 638. The third kappa shape index (κ3) is 17.9. The van der Waals surface area contributed by atoms with E-state index in [0.717, 1.165) is 19.3 Å². The molecule has 31 heavy (non-hydrogen) atoms. The first-order chi connectivity index (χ1) is 14.7. The summed E-state index contributed by atoms with van der Waals surface area (Å²) < 4.78 is 30.3. The molecule has 3 N–H and O–H groups in total. The zero-order chi connectivity index (χ0) is 23.5. The molecule has 182 valence electrons. The van der Waals surface area contributed by atoms with Crippen LogP contribution in [-0.4, -0.2) is 40.9 Å². The van der Waals surface area contributed by atoms with Gasteiger partial charge in [-0.05, 0) is 25.7 Å². The summed E-state index contributed by atoms with van der Waals surface area (Å²) in [5.74, 6) is -3.22. The summed E-state index contributed by atoms with van der Waals surface area (Å²) in [5, 5.41) is 18.7. The SMILES string of the molecule is CCCCCCCCCCCCCCCCC(C(=O)O)=C(CCCS(=O)(=O)O)C(=O)O. The summed E-state index contributed by atoms with van der Waals surface area (Å²) in [5.41, 5.74) is -0.437. The quantitative estimate of drug-likeness (QED) is 0.108. The minimum atomic E-state index is -4.20. The Balaban J connectivity index is 4.06. The maximum atomic E-state index is 11.5. The fourth-order valence-corrected chi connectivity index (χ4v) is 4.21. The zero-order valence-electron chi connectivity index (χ0n) is 19.1. The summed E-state index contributed by atoms with van der Waals surface area (Å²) in [7, 11) is -4.20. The van der Waals surface area contributed by atoms with Crippen molar-refractivity contribution < 1.29 is 32.8 Å². The van der Waals surface area contributed by atoms with Crippen LogP contribution in [0.1, 0.15) is 116 Å². The van der Waals surface area contributed by atoms with Crippen LogP contribution in [0.4, 0.5) is 0 Å². The highest BCUT2D eigenvalue weighted by Crippen LogP contribution is 2.20. The minimum absolute atomic E-state index is 0.129. The monoisotopic (exact) mass is 462 g/mol. The van der Waals surface area contributed by atoms with E-state index in [1.807, 2.05) is 0 Å². The first kappa shape index (κ1) is 29.6. The molecule has 0 rings (SSSR count). The standard InChI is InChI=1S/C23H42O7S/c1-2-3-4-5-6-7-8-9-10-11-12-13-14-15-17-20(22(24)25)21(23(26)27)18-16-19-31(28,29)30/h2-19H2,1H3,(H,24,25)(H,26,27)(H,28,29,30). The number of hydrogen-bond acceptors (Lipinski definition) is 4. The molecule has 0 aromatic rings. The van der Waals surface area contributed by atoms with Gasteiger partial charge in [0, 0.05) is 11.1 Å². The van der Waals surface area contributed by atoms with Crippen molar-refractivity contribution in [3.05, 3.63) is 11.1 Å². The lowest BCUT2D eigenvalue weighted by atomic mass is 9.97. The van der Waals surface area contributed by atoms with E-state index in [1.54, 1.807) is 0 Å². The van der Waals surface area contributed by atoms with Crippen molar-refractivity contribution in [3.8, 4) is 0 Å². The van der Waals surface area contributed by atoms with Gasteiger partial charge in [-0.3, -0.25) is 4.55 Å². The smallest absolute Gasteiger partial charge is 0.332 e. The van der Waals surface area contributed by atoms with Crippen LogP contribution >= 0.6 is 0 Å². The highest BCUT2D eigenvalue weighted by molar-refractivity contribution is 7.85. The molecule has 0 heterocycles. The van der Waals surface area contributed by atoms with Crippen LogP contribution in [0.25, 0.3) is 0 Å². The highest BCUT2D eigenvalue weighted by Gasteiger charge is 2.20. The summed E-state index contributed by atoms with van der Waals surface area (Å²) in [6, 6.07) is 0. The average Bonchev–Trinajstić information content (AvgIpc) is 2.68. The second kappa shape index (κ2) is 18.2. The van der Waals surface area contributed by atoms with Gasteiger partial charge in [0.2, 0.25) is 0 Å². The maximum absolute atomic E-state index is 11.5. The molecule has 0 bridgehead atoms. The Morgan fingerprint density at radius 3 is 1.23 bits per heavy atom. The fraction of sp³-hybridized carbons (Fsp3) is 0.826. The predicted octanol–water partition coefficient (Wildman–Crippen LogP) is 5.99. The number of aliphatic carboxylic acids is 2. The van der Waals surface area contributed by atoms with Gasteiger partial charge < -0.3 is 10.2 Å². The lowest BCUT2D eigenvalue weighted by Gasteiger charge is -2.09. The molecule has 0 radical (unpaired) electrons. The number of carbonyl (C=O) groups is 2. The van der Waals surface area contributed by atoms with Crippen molar-refractivity contribution >= 4 is 22.1 Å². The van der Waals surface area contributed by atoms with Crippen LogP contribution in [-0.2, 0) is 19.7 Å². The molecular formula is C23H42O7S. The van der Waals surface area contributed by atoms with Crippen molar-refractivity contribution in [2.75, 3.05) is 5.75 Å². The number of carboxylic acids is 2. The molecule has 0 aromatic carbocycles. The van der Waals surface area contributed by atoms with Gasteiger partial charge in [-0.15, -0.1) is 0 Å². The van der Waals surface area contributed by atoms with Gasteiger partial charge in [0.15, 0.2) is 0 Å². The molecule has 8 heteroatoms. The summed E-state index contributed by atoms with van der Waals surface area (Å²) >= 11 is 0. The molecular weight excluding hydrogens is 420 g/mol. The number of hydrogen-bond donors (Lipinski definition) is 3. The van der Waals surface area contributed by atoms with E-state index < -0.39 is 27.8 Å². The average molecular weight is 463 g/mol. The van der Waals surface area contributed by atoms with Crippen LogP contribution < -0.4 is 0 Å². The van der Waals surface area contributed by atoms with Crippen molar-refractivity contribution in [1.29, 1.82) is 0 Å². The number of unbranched alkanes of at least 4 members (excludes halogenated alkanes) is 13. The van der Waals surface area contributed by atoms with Gasteiger partial charge in [-0.1, -0.05) is 90.4 Å². The third-order valence-electron chi connectivity index (χ3n) is 5.49. The van der Waals surface area contributed by atoms with Crippen molar-refractivity contribution in [2.45, 2.75) is 116 Å². The Morgan fingerprint density at radius 1 is 0.581 bits per heavy atom. The zero-order valence-corrected chi connectivity index (χ0v) is 19.9. The van der Waals surface area contributed by atoms with Gasteiger partial charge in [0.1, 0.15) is 0 Å². The Morgan fingerprint density at radius 2 is 0.903 bits per heavy atom. The van der Waals surface area contributed by atoms with E-state index in [1.165, 1.54) is 64.2 Å². The van der Waals surface area contributed by atoms with Gasteiger partial charge in [-0.25, -0.2) is 9.59 Å². The van der Waals surface area contributed by atoms with Crippen molar-refractivity contribution in [1.82, 2.24) is 0 Å². The topological polar surface area (TPSA) is 129 Å². The minimum Gasteiger partial charge on any atom is -0.478 e. The molecule has 0 atom stereocenters. The van der Waals surface area contributed by atoms with Gasteiger partial charge in [-0.2, -0.15) is 8.42 Å². The van der Waals surface area contributed by atoms with Crippen LogP contribution in [0.15, 0.2) is 11.1 Å². The van der Waals surface area contributed by atoms with Crippen LogP contribution in [0, 0.1) is 0 Å². The van der Waals surface area contributed by atoms with E-state index in [2.05, 4.69) is 6.92 Å². The number of rotatable bonds is 21. The molecule has 0 aliphatic rings. The highest BCUT2D eigenvalue weighted by atomic mass is 32.2. The molecule has 0 saturated carbocycles. The van der Waals surface area contributed by atoms with Crippen molar-refractivity contribution in [3.63, 3.8) is 0 Å². The Kier molecular flexibility index (Phi) is 17.4. The van der Waals surface area contributed by atoms with Crippen LogP contribution in [0.5, 0.6) is 0 Å². The van der Waals surface area contributed by atoms with E-state index in [0.29, 0.717) is 6.42 Å². The summed E-state index contributed by atoms with van der Waals surface area (Å²) in [4.78, 5) is 22.9. The largest absolute Gasteiger partial charge is 0.478 e. The Hall–Kier alpha value is -1.41. The third-order valence-corrected chi connectivity index (χ3v) is 6.29. The first-order valence-corrected chi connectivity index (χ1v) is 13.4. The first-order valence-electron chi connectivity index (χ1n) is 11.8.